The Kier molecular flexibility index (Phi) is 2.82. The van der Waals surface area contributed by atoms with Gasteiger partial charge < -0.3 is 15.4 Å². The van der Waals surface area contributed by atoms with Gasteiger partial charge in [0.05, 0.1) is 18.9 Å². The lowest BCUT2D eigenvalue weighted by molar-refractivity contribution is 0.122. The first-order chi connectivity index (χ1) is 7.29. The lowest BCUT2D eigenvalue weighted by Gasteiger charge is -2.29. The van der Waals surface area contributed by atoms with Gasteiger partial charge in [-0.3, -0.25) is 10.4 Å². The maximum atomic E-state index is 7.45. The summed E-state index contributed by atoms with van der Waals surface area (Å²) in [6.45, 7) is 3.08. The minimum absolute atomic E-state index is 0.0112. The van der Waals surface area contributed by atoms with E-state index in [0.717, 1.165) is 18.8 Å². The fourth-order valence-corrected chi connectivity index (χ4v) is 1.66. The normalized spacial score (nSPS) is 16.4. The van der Waals surface area contributed by atoms with Crippen molar-refractivity contribution in [3.63, 3.8) is 0 Å². The highest BCUT2D eigenvalue weighted by atomic mass is 16.5. The van der Waals surface area contributed by atoms with E-state index in [-0.39, 0.29) is 5.84 Å². The van der Waals surface area contributed by atoms with Gasteiger partial charge in [0.2, 0.25) is 0 Å². The van der Waals surface area contributed by atoms with Crippen molar-refractivity contribution in [1.82, 2.24) is 4.98 Å². The van der Waals surface area contributed by atoms with Gasteiger partial charge >= 0.3 is 0 Å². The summed E-state index contributed by atoms with van der Waals surface area (Å²) in [4.78, 5) is 6.27. The Balaban J connectivity index is 2.29. The highest BCUT2D eigenvalue weighted by Gasteiger charge is 2.16. The molecule has 5 nitrogen and oxygen atoms in total. The van der Waals surface area contributed by atoms with Crippen molar-refractivity contribution >= 4 is 11.5 Å². The summed E-state index contributed by atoms with van der Waals surface area (Å²) in [5.74, 6) is 0.0112. The highest BCUT2D eigenvalue weighted by molar-refractivity contribution is 5.98. The molecule has 1 aliphatic heterocycles. The van der Waals surface area contributed by atoms with E-state index >= 15 is 0 Å². The Morgan fingerprint density at radius 2 is 2.20 bits per heavy atom. The average Bonchev–Trinajstić information content (AvgIpc) is 2.30. The van der Waals surface area contributed by atoms with Crippen molar-refractivity contribution in [2.24, 2.45) is 5.73 Å². The van der Waals surface area contributed by atoms with Crippen LogP contribution in [0.15, 0.2) is 18.3 Å². The van der Waals surface area contributed by atoms with Crippen LogP contribution in [0.2, 0.25) is 0 Å². The highest BCUT2D eigenvalue weighted by Crippen LogP contribution is 2.18. The molecule has 5 heteroatoms. The Morgan fingerprint density at radius 3 is 2.87 bits per heavy atom. The Bertz CT molecular complexity index is 360. The van der Waals surface area contributed by atoms with Crippen LogP contribution in [0.5, 0.6) is 0 Å². The lowest BCUT2D eigenvalue weighted by Crippen LogP contribution is -2.37. The SMILES string of the molecule is N=C(N)c1ncccc1N1CCOCC1. The number of rotatable bonds is 2. The first-order valence-corrected chi connectivity index (χ1v) is 4.91. The molecule has 0 aromatic carbocycles. The summed E-state index contributed by atoms with van der Waals surface area (Å²) in [5.41, 5.74) is 6.96. The van der Waals surface area contributed by atoms with Crippen LogP contribution in [0.3, 0.4) is 0 Å². The zero-order chi connectivity index (χ0) is 10.7. The topological polar surface area (TPSA) is 75.2 Å². The van der Waals surface area contributed by atoms with E-state index in [4.69, 9.17) is 15.9 Å². The minimum atomic E-state index is 0.0112. The number of pyridine rings is 1. The van der Waals surface area contributed by atoms with Gasteiger partial charge in [-0.15, -0.1) is 0 Å². The van der Waals surface area contributed by atoms with Gasteiger partial charge in [-0.25, -0.2) is 0 Å². The zero-order valence-corrected chi connectivity index (χ0v) is 8.44. The lowest BCUT2D eigenvalue weighted by atomic mass is 10.2. The molecule has 1 aromatic rings. The van der Waals surface area contributed by atoms with Gasteiger partial charge in [-0.1, -0.05) is 0 Å². The molecule has 0 unspecified atom stereocenters. The van der Waals surface area contributed by atoms with Crippen LogP contribution in [0.1, 0.15) is 5.69 Å². The van der Waals surface area contributed by atoms with Crippen molar-refractivity contribution in [3.8, 4) is 0 Å². The van der Waals surface area contributed by atoms with E-state index in [9.17, 15) is 0 Å². The minimum Gasteiger partial charge on any atom is -0.382 e. The number of ether oxygens (including phenoxy) is 1. The molecule has 0 atom stereocenters. The predicted octanol–water partition coefficient (Wildman–Crippen LogP) is 0.202. The molecule has 15 heavy (non-hydrogen) atoms. The summed E-state index contributed by atoms with van der Waals surface area (Å²) >= 11 is 0. The molecular weight excluding hydrogens is 192 g/mol. The van der Waals surface area contributed by atoms with Crippen molar-refractivity contribution in [1.29, 1.82) is 5.41 Å². The maximum Gasteiger partial charge on any atom is 0.143 e. The number of hydrogen-bond acceptors (Lipinski definition) is 4. The van der Waals surface area contributed by atoms with Gasteiger partial charge in [0.1, 0.15) is 11.5 Å². The molecule has 1 aromatic heterocycles. The molecule has 0 bridgehead atoms. The molecule has 0 spiro atoms. The van der Waals surface area contributed by atoms with Crippen LogP contribution in [0, 0.1) is 5.41 Å². The molecule has 0 amide bonds. The van der Waals surface area contributed by atoms with Crippen LogP contribution in [0.25, 0.3) is 0 Å². The van der Waals surface area contributed by atoms with Crippen LogP contribution in [-0.4, -0.2) is 37.1 Å². The average molecular weight is 206 g/mol. The third-order valence-corrected chi connectivity index (χ3v) is 2.39. The van der Waals surface area contributed by atoms with Crippen molar-refractivity contribution < 1.29 is 4.74 Å². The Hall–Kier alpha value is -1.62. The quantitative estimate of drug-likeness (QED) is 0.535. The van der Waals surface area contributed by atoms with E-state index in [1.807, 2.05) is 12.1 Å². The number of hydrogen-bond donors (Lipinski definition) is 2. The second-order valence-corrected chi connectivity index (χ2v) is 3.38. The van der Waals surface area contributed by atoms with Gasteiger partial charge in [0.25, 0.3) is 0 Å². The number of nitrogen functional groups attached to an aromatic ring is 1. The predicted molar refractivity (Wildman–Crippen MR) is 58.3 cm³/mol. The number of morpholine rings is 1. The maximum absolute atomic E-state index is 7.45. The molecule has 0 radical (unpaired) electrons. The van der Waals surface area contributed by atoms with Crippen molar-refractivity contribution in [2.75, 3.05) is 31.2 Å². The fraction of sp³-hybridized carbons (Fsp3) is 0.400. The first kappa shape index (κ1) is 9.92. The smallest absolute Gasteiger partial charge is 0.143 e. The molecule has 0 saturated carbocycles. The second-order valence-electron chi connectivity index (χ2n) is 3.38. The summed E-state index contributed by atoms with van der Waals surface area (Å²) in [5, 5.41) is 7.45. The number of nitrogens with one attached hydrogen (secondary N) is 1. The molecule has 80 valence electrons. The van der Waals surface area contributed by atoms with Crippen molar-refractivity contribution in [3.05, 3.63) is 24.0 Å². The molecule has 3 N–H and O–H groups in total. The summed E-state index contributed by atoms with van der Waals surface area (Å²) in [6, 6.07) is 3.80. The summed E-state index contributed by atoms with van der Waals surface area (Å²) in [6.07, 6.45) is 1.65. The Labute approximate surface area is 88.4 Å². The van der Waals surface area contributed by atoms with E-state index in [1.54, 1.807) is 6.20 Å². The van der Waals surface area contributed by atoms with E-state index in [1.165, 1.54) is 0 Å². The number of anilines is 1. The zero-order valence-electron chi connectivity index (χ0n) is 8.44. The van der Waals surface area contributed by atoms with Gasteiger partial charge in [0, 0.05) is 19.3 Å². The van der Waals surface area contributed by atoms with Crippen LogP contribution in [-0.2, 0) is 4.74 Å². The van der Waals surface area contributed by atoms with E-state index < -0.39 is 0 Å². The molecular formula is C10H14N4O. The van der Waals surface area contributed by atoms with E-state index in [2.05, 4.69) is 9.88 Å². The summed E-state index contributed by atoms with van der Waals surface area (Å²) in [7, 11) is 0. The number of nitrogens with zero attached hydrogens (tertiary/aromatic N) is 2. The van der Waals surface area contributed by atoms with Gasteiger partial charge in [-0.2, -0.15) is 0 Å². The number of nitrogens with two attached hydrogens (primary N) is 1. The molecule has 1 aliphatic rings. The van der Waals surface area contributed by atoms with Gasteiger partial charge in [-0.05, 0) is 12.1 Å². The monoisotopic (exact) mass is 206 g/mol. The third-order valence-electron chi connectivity index (χ3n) is 2.39. The third kappa shape index (κ3) is 2.07. The molecule has 1 fully saturated rings. The Morgan fingerprint density at radius 1 is 1.47 bits per heavy atom. The van der Waals surface area contributed by atoms with Crippen molar-refractivity contribution in [2.45, 2.75) is 0 Å². The largest absolute Gasteiger partial charge is 0.382 e. The first-order valence-electron chi connectivity index (χ1n) is 4.91. The fourth-order valence-electron chi connectivity index (χ4n) is 1.66. The second kappa shape index (κ2) is 4.27. The van der Waals surface area contributed by atoms with E-state index in [0.29, 0.717) is 18.9 Å². The molecule has 2 heterocycles. The van der Waals surface area contributed by atoms with Crippen LogP contribution in [0.4, 0.5) is 5.69 Å². The van der Waals surface area contributed by atoms with Gasteiger partial charge in [0.15, 0.2) is 0 Å². The molecule has 2 rings (SSSR count). The molecule has 0 aliphatic carbocycles. The standard InChI is InChI=1S/C10H14N4O/c11-10(12)9-8(2-1-3-13-9)14-4-6-15-7-5-14/h1-3H,4-7H2,(H3,11,12). The van der Waals surface area contributed by atoms with Crippen LogP contribution >= 0.6 is 0 Å². The number of aromatic nitrogens is 1. The summed E-state index contributed by atoms with van der Waals surface area (Å²) < 4.78 is 5.27. The number of amidine groups is 1. The van der Waals surface area contributed by atoms with Crippen LogP contribution < -0.4 is 10.6 Å². The molecule has 1 saturated heterocycles.